The molecule has 1 aromatic heterocycles. The summed E-state index contributed by atoms with van der Waals surface area (Å²) in [5.74, 6) is -2.49. The molecule has 0 N–H and O–H groups in total. The van der Waals surface area contributed by atoms with Gasteiger partial charge in [-0.3, -0.25) is 4.68 Å². The van der Waals surface area contributed by atoms with Crippen molar-refractivity contribution in [3.63, 3.8) is 0 Å². The Bertz CT molecular complexity index is 720. The molecule has 7 heteroatoms. The lowest BCUT2D eigenvalue weighted by Crippen LogP contribution is -2.23. The lowest BCUT2D eigenvalue weighted by molar-refractivity contribution is -0.306. The number of carbonyl (C=O) groups excluding carboxylic acids is 2. The maximum Gasteiger partial charge on any atom is 0.0995 e. The van der Waals surface area contributed by atoms with Crippen molar-refractivity contribution in [1.82, 2.24) is 9.78 Å². The van der Waals surface area contributed by atoms with Crippen LogP contribution in [0.4, 0.5) is 0 Å². The molecule has 1 heterocycles. The second-order valence-corrected chi connectivity index (χ2v) is 5.39. The number of benzene rings is 1. The molecule has 22 heavy (non-hydrogen) atoms. The number of aromatic nitrogens is 2. The Morgan fingerprint density at radius 2 is 1.91 bits per heavy atom. The molecular weight excluding hydrogens is 352 g/mol. The third kappa shape index (κ3) is 4.29. The van der Waals surface area contributed by atoms with Crippen molar-refractivity contribution in [1.29, 1.82) is 0 Å². The Labute approximate surface area is 134 Å². The van der Waals surface area contributed by atoms with E-state index in [0.717, 1.165) is 16.1 Å². The summed E-state index contributed by atoms with van der Waals surface area (Å²) in [7, 11) is 0. The van der Waals surface area contributed by atoms with E-state index < -0.39 is 11.9 Å². The van der Waals surface area contributed by atoms with Gasteiger partial charge in [-0.05, 0) is 24.3 Å². The summed E-state index contributed by atoms with van der Waals surface area (Å²) in [5.41, 5.74) is 1.90. The number of carboxylic acids is 2. The van der Waals surface area contributed by atoms with Gasteiger partial charge in [0.15, 0.2) is 0 Å². The minimum atomic E-state index is -1.32. The topological polar surface area (TPSA) is 98.1 Å². The zero-order chi connectivity index (χ0) is 16.1. The van der Waals surface area contributed by atoms with Crippen LogP contribution in [0.2, 0.25) is 0 Å². The van der Waals surface area contributed by atoms with Crippen LogP contribution in [0.3, 0.4) is 0 Å². The van der Waals surface area contributed by atoms with Gasteiger partial charge in [-0.25, -0.2) is 0 Å². The Kier molecular flexibility index (Phi) is 5.11. The number of carbonyl (C=O) groups is 2. The molecule has 0 atom stereocenters. The van der Waals surface area contributed by atoms with Gasteiger partial charge in [0, 0.05) is 40.7 Å². The van der Waals surface area contributed by atoms with E-state index in [-0.39, 0.29) is 13.0 Å². The maximum absolute atomic E-state index is 10.6. The number of nitrogens with zero attached hydrogens (tertiary/aromatic N) is 2. The van der Waals surface area contributed by atoms with Crippen molar-refractivity contribution < 1.29 is 19.8 Å². The first-order valence-electron chi connectivity index (χ1n) is 6.38. The molecule has 0 radical (unpaired) electrons. The lowest BCUT2D eigenvalue weighted by atomic mass is 10.1. The smallest absolute Gasteiger partial charge is 0.0995 e. The SMILES string of the molecule is O=C([O-])/C=C/c1cn(CCC(=O)[O-])nc1-c1ccc(Br)cc1. The number of halogens is 1. The predicted octanol–water partition coefficient (Wildman–Crippen LogP) is 0.216. The van der Waals surface area contributed by atoms with Crippen LogP contribution in [0, 0.1) is 0 Å². The van der Waals surface area contributed by atoms with Crippen LogP contribution in [0.5, 0.6) is 0 Å². The van der Waals surface area contributed by atoms with E-state index in [1.165, 1.54) is 10.8 Å². The van der Waals surface area contributed by atoms with E-state index in [9.17, 15) is 19.8 Å². The van der Waals surface area contributed by atoms with E-state index in [1.807, 2.05) is 24.3 Å². The van der Waals surface area contributed by atoms with E-state index in [1.54, 1.807) is 6.20 Å². The molecule has 114 valence electrons. The summed E-state index contributed by atoms with van der Waals surface area (Å²) in [6, 6.07) is 7.32. The standard InChI is InChI=1S/C15H13BrN2O4/c16-12-4-1-10(2-5-12)15-11(3-6-13(19)20)9-18(17-15)8-7-14(21)22/h1-6,9H,7-8H2,(H,19,20)(H,21,22)/p-2/b6-3+. The molecule has 0 spiro atoms. The van der Waals surface area contributed by atoms with E-state index in [4.69, 9.17) is 0 Å². The van der Waals surface area contributed by atoms with Gasteiger partial charge in [0.1, 0.15) is 0 Å². The fourth-order valence-corrected chi connectivity index (χ4v) is 2.13. The van der Waals surface area contributed by atoms with E-state index >= 15 is 0 Å². The molecular formula is C15H11BrN2O4-2. The van der Waals surface area contributed by atoms with Gasteiger partial charge < -0.3 is 19.8 Å². The average molecular weight is 363 g/mol. The monoisotopic (exact) mass is 362 g/mol. The van der Waals surface area contributed by atoms with Crippen LogP contribution >= 0.6 is 15.9 Å². The van der Waals surface area contributed by atoms with Crippen LogP contribution in [0.25, 0.3) is 17.3 Å². The van der Waals surface area contributed by atoms with Crippen LogP contribution in [-0.2, 0) is 16.1 Å². The molecule has 0 amide bonds. The molecule has 2 rings (SSSR count). The minimum absolute atomic E-state index is 0.144. The normalized spacial score (nSPS) is 11.0. The Morgan fingerprint density at radius 3 is 2.50 bits per heavy atom. The van der Waals surface area contributed by atoms with Crippen molar-refractivity contribution in [3.8, 4) is 11.3 Å². The first kappa shape index (κ1) is 16.0. The van der Waals surface area contributed by atoms with Gasteiger partial charge in [-0.1, -0.05) is 28.1 Å². The first-order chi connectivity index (χ1) is 10.5. The molecule has 2 aromatic rings. The number of aryl methyl sites for hydroxylation is 1. The van der Waals surface area contributed by atoms with Gasteiger partial charge in [-0.15, -0.1) is 0 Å². The van der Waals surface area contributed by atoms with Crippen LogP contribution in [0.15, 0.2) is 41.0 Å². The zero-order valence-electron chi connectivity index (χ0n) is 11.4. The molecule has 0 saturated carbocycles. The third-order valence-electron chi connectivity index (χ3n) is 2.85. The summed E-state index contributed by atoms with van der Waals surface area (Å²) >= 11 is 3.33. The molecule has 1 aromatic carbocycles. The highest BCUT2D eigenvalue weighted by atomic mass is 79.9. The third-order valence-corrected chi connectivity index (χ3v) is 3.38. The molecule has 0 saturated heterocycles. The molecule has 0 aliphatic rings. The van der Waals surface area contributed by atoms with Crippen molar-refractivity contribution >= 4 is 33.9 Å². The van der Waals surface area contributed by atoms with Gasteiger partial charge in [0.25, 0.3) is 0 Å². The molecule has 0 bridgehead atoms. The van der Waals surface area contributed by atoms with Gasteiger partial charge >= 0.3 is 0 Å². The summed E-state index contributed by atoms with van der Waals surface area (Å²) < 4.78 is 2.35. The highest BCUT2D eigenvalue weighted by Gasteiger charge is 2.09. The number of carboxylic acid groups (broad SMARTS) is 2. The zero-order valence-corrected chi connectivity index (χ0v) is 12.9. The number of hydrogen-bond acceptors (Lipinski definition) is 5. The highest BCUT2D eigenvalue weighted by molar-refractivity contribution is 9.10. The Morgan fingerprint density at radius 1 is 1.23 bits per heavy atom. The maximum atomic E-state index is 10.6. The summed E-state index contributed by atoms with van der Waals surface area (Å²) in [5, 5.41) is 25.4. The summed E-state index contributed by atoms with van der Waals surface area (Å²) in [4.78, 5) is 21.1. The van der Waals surface area contributed by atoms with Crippen molar-refractivity contribution in [2.45, 2.75) is 13.0 Å². The molecule has 0 fully saturated rings. The van der Waals surface area contributed by atoms with Crippen molar-refractivity contribution in [2.75, 3.05) is 0 Å². The lowest BCUT2D eigenvalue weighted by Gasteiger charge is -2.02. The number of aliphatic carboxylic acids is 2. The fourth-order valence-electron chi connectivity index (χ4n) is 1.87. The first-order valence-corrected chi connectivity index (χ1v) is 7.17. The highest BCUT2D eigenvalue weighted by Crippen LogP contribution is 2.25. The van der Waals surface area contributed by atoms with Crippen LogP contribution in [0.1, 0.15) is 12.0 Å². The number of rotatable bonds is 6. The second kappa shape index (κ2) is 7.04. The minimum Gasteiger partial charge on any atom is -0.550 e. The summed E-state index contributed by atoms with van der Waals surface area (Å²) in [6.45, 7) is 0.144. The molecule has 0 unspecified atom stereocenters. The largest absolute Gasteiger partial charge is 0.550 e. The molecule has 6 nitrogen and oxygen atoms in total. The fraction of sp³-hybridized carbons (Fsp3) is 0.133. The summed E-state index contributed by atoms with van der Waals surface area (Å²) in [6.07, 6.45) is 3.68. The predicted molar refractivity (Wildman–Crippen MR) is 79.0 cm³/mol. The van der Waals surface area contributed by atoms with Crippen LogP contribution in [-0.4, -0.2) is 21.7 Å². The van der Waals surface area contributed by atoms with E-state index in [2.05, 4.69) is 21.0 Å². The Balaban J connectivity index is 2.38. The molecule has 0 aliphatic heterocycles. The second-order valence-electron chi connectivity index (χ2n) is 4.48. The van der Waals surface area contributed by atoms with Crippen molar-refractivity contribution in [3.05, 3.63) is 46.6 Å². The average Bonchev–Trinajstić information content (AvgIpc) is 2.87. The van der Waals surface area contributed by atoms with E-state index in [0.29, 0.717) is 11.3 Å². The van der Waals surface area contributed by atoms with Gasteiger partial charge in [0.2, 0.25) is 0 Å². The number of hydrogen-bond donors (Lipinski definition) is 0. The van der Waals surface area contributed by atoms with Gasteiger partial charge in [0.05, 0.1) is 11.7 Å². The van der Waals surface area contributed by atoms with Gasteiger partial charge in [-0.2, -0.15) is 5.10 Å². The Hall–Kier alpha value is -2.41. The quantitative estimate of drug-likeness (QED) is 0.684. The van der Waals surface area contributed by atoms with Crippen molar-refractivity contribution in [2.24, 2.45) is 0 Å². The van der Waals surface area contributed by atoms with Crippen LogP contribution < -0.4 is 10.2 Å². The molecule has 0 aliphatic carbocycles.